The van der Waals surface area contributed by atoms with E-state index in [9.17, 15) is 13.8 Å². The summed E-state index contributed by atoms with van der Waals surface area (Å²) in [6.07, 6.45) is 4.45. The Morgan fingerprint density at radius 2 is 1.57 bits per heavy atom. The maximum absolute atomic E-state index is 11.7. The van der Waals surface area contributed by atoms with Gasteiger partial charge in [-0.15, -0.1) is 0 Å². The van der Waals surface area contributed by atoms with Crippen molar-refractivity contribution in [2.24, 2.45) is 5.92 Å². The summed E-state index contributed by atoms with van der Waals surface area (Å²) in [6.45, 7) is 5.47. The first-order chi connectivity index (χ1) is 9.72. The molecule has 3 N–H and O–H groups in total. The van der Waals surface area contributed by atoms with Gasteiger partial charge in [-0.2, -0.15) is 0 Å². The minimum Gasteiger partial charge on any atom is -0.481 e. The van der Waals surface area contributed by atoms with E-state index in [1.54, 1.807) is 13.2 Å². The summed E-state index contributed by atoms with van der Waals surface area (Å²) < 4.78 is 11.0. The fraction of sp³-hybridized carbons (Fsp3) is 0.857. The molecule has 0 saturated heterocycles. The number of carboxylic acid groups (broad SMARTS) is 1. The zero-order valence-corrected chi connectivity index (χ0v) is 14.2. The molecule has 0 spiro atoms. The number of rotatable bonds is 10. The highest BCUT2D eigenvalue weighted by Crippen LogP contribution is 2.09. The summed E-state index contributed by atoms with van der Waals surface area (Å²) in [5.41, 5.74) is 0. The van der Waals surface area contributed by atoms with Crippen LogP contribution >= 0.6 is 0 Å². The second-order valence-corrected chi connectivity index (χ2v) is 7.21. The largest absolute Gasteiger partial charge is 0.481 e. The number of hydrogen-bond donors (Lipinski definition) is 3. The molecule has 0 aliphatic carbocycles. The Bertz CT molecular complexity index is 363. The fourth-order valence-corrected chi connectivity index (χ4v) is 2.52. The van der Waals surface area contributed by atoms with Crippen molar-refractivity contribution in [1.29, 1.82) is 0 Å². The Morgan fingerprint density at radius 3 is 2.05 bits per heavy atom. The van der Waals surface area contributed by atoms with Crippen LogP contribution in [0.5, 0.6) is 0 Å². The van der Waals surface area contributed by atoms with Gasteiger partial charge in [-0.3, -0.25) is 9.00 Å². The number of carboxylic acids is 1. The van der Waals surface area contributed by atoms with E-state index in [1.165, 1.54) is 0 Å². The van der Waals surface area contributed by atoms with Crippen molar-refractivity contribution in [3.05, 3.63) is 0 Å². The van der Waals surface area contributed by atoms with E-state index in [0.717, 1.165) is 12.8 Å². The summed E-state index contributed by atoms with van der Waals surface area (Å²) >= 11 is 0. The van der Waals surface area contributed by atoms with E-state index < -0.39 is 16.8 Å². The Kier molecular flexibility index (Phi) is 10.0. The number of nitrogens with one attached hydrogen (secondary N) is 2. The van der Waals surface area contributed by atoms with Gasteiger partial charge in [-0.1, -0.05) is 13.3 Å². The van der Waals surface area contributed by atoms with Crippen molar-refractivity contribution in [2.75, 3.05) is 12.0 Å². The van der Waals surface area contributed by atoms with E-state index in [4.69, 9.17) is 5.11 Å². The van der Waals surface area contributed by atoms with E-state index in [1.807, 2.05) is 13.8 Å². The number of amides is 2. The van der Waals surface area contributed by atoms with Crippen molar-refractivity contribution >= 4 is 22.8 Å². The lowest BCUT2D eigenvalue weighted by Crippen LogP contribution is -2.44. The van der Waals surface area contributed by atoms with Crippen LogP contribution in [-0.4, -0.2) is 45.4 Å². The smallest absolute Gasteiger partial charge is 0.315 e. The zero-order chi connectivity index (χ0) is 16.4. The average Bonchev–Trinajstić information content (AvgIpc) is 2.35. The molecule has 0 aromatic heterocycles. The molecule has 0 fully saturated rings. The third-order valence-electron chi connectivity index (χ3n) is 3.29. The fourth-order valence-electron chi connectivity index (χ4n) is 1.83. The van der Waals surface area contributed by atoms with E-state index in [2.05, 4.69) is 10.6 Å². The van der Waals surface area contributed by atoms with Crippen molar-refractivity contribution in [3.8, 4) is 0 Å². The molecule has 0 aromatic carbocycles. The first-order valence-electron chi connectivity index (χ1n) is 7.32. The van der Waals surface area contributed by atoms with Gasteiger partial charge in [0.15, 0.2) is 0 Å². The van der Waals surface area contributed by atoms with Gasteiger partial charge in [-0.05, 0) is 33.1 Å². The van der Waals surface area contributed by atoms with Crippen molar-refractivity contribution in [3.63, 3.8) is 0 Å². The Morgan fingerprint density at radius 1 is 1.05 bits per heavy atom. The molecule has 0 saturated carbocycles. The summed E-state index contributed by atoms with van der Waals surface area (Å²) in [7, 11) is -0.844. The highest BCUT2D eigenvalue weighted by molar-refractivity contribution is 7.84. The molecule has 21 heavy (non-hydrogen) atoms. The van der Waals surface area contributed by atoms with Crippen LogP contribution in [0.2, 0.25) is 0 Å². The third-order valence-corrected chi connectivity index (χ3v) is 4.10. The molecule has 4 atom stereocenters. The lowest BCUT2D eigenvalue weighted by molar-refractivity contribution is -0.141. The van der Waals surface area contributed by atoms with Gasteiger partial charge in [0.25, 0.3) is 0 Å². The van der Waals surface area contributed by atoms with Crippen LogP contribution in [0.1, 0.15) is 46.5 Å². The van der Waals surface area contributed by atoms with Gasteiger partial charge in [-0.25, -0.2) is 4.79 Å². The quantitative estimate of drug-likeness (QED) is 0.571. The maximum atomic E-state index is 11.7. The monoisotopic (exact) mass is 320 g/mol. The standard InChI is InChI=1S/C14H28N2O4S/c1-10(13(17)18)6-5-7-11(2)15-14(19)16-12(3)8-9-21(4)20/h10-12H,5-9H2,1-4H3,(H,17,18)(H2,15,16,19). The lowest BCUT2D eigenvalue weighted by atomic mass is 10.0. The third kappa shape index (κ3) is 11.2. The molecule has 4 unspecified atom stereocenters. The van der Waals surface area contributed by atoms with Crippen molar-refractivity contribution < 1.29 is 18.9 Å². The molecule has 0 heterocycles. The molecule has 0 bridgehead atoms. The van der Waals surface area contributed by atoms with E-state index in [0.29, 0.717) is 18.6 Å². The Balaban J connectivity index is 3.83. The number of hydrogen-bond acceptors (Lipinski definition) is 3. The van der Waals surface area contributed by atoms with Gasteiger partial charge in [0.05, 0.1) is 5.92 Å². The predicted molar refractivity (Wildman–Crippen MR) is 84.8 cm³/mol. The van der Waals surface area contributed by atoms with Crippen molar-refractivity contribution in [2.45, 2.75) is 58.5 Å². The molecular weight excluding hydrogens is 292 g/mol. The highest BCUT2D eigenvalue weighted by atomic mass is 32.2. The molecule has 0 aromatic rings. The molecule has 0 radical (unpaired) electrons. The second-order valence-electron chi connectivity index (χ2n) is 5.66. The van der Waals surface area contributed by atoms with Gasteiger partial charge in [0.2, 0.25) is 0 Å². The summed E-state index contributed by atoms with van der Waals surface area (Å²) in [4.78, 5) is 22.4. The van der Waals surface area contributed by atoms with E-state index >= 15 is 0 Å². The van der Waals surface area contributed by atoms with Gasteiger partial charge >= 0.3 is 12.0 Å². The molecule has 0 aliphatic rings. The summed E-state index contributed by atoms with van der Waals surface area (Å²) in [6, 6.07) is -0.255. The molecule has 6 nitrogen and oxygen atoms in total. The molecular formula is C14H28N2O4S. The van der Waals surface area contributed by atoms with Crippen LogP contribution in [0.15, 0.2) is 0 Å². The topological polar surface area (TPSA) is 95.5 Å². The average molecular weight is 320 g/mol. The lowest BCUT2D eigenvalue weighted by Gasteiger charge is -2.18. The number of urea groups is 1. The summed E-state index contributed by atoms with van der Waals surface area (Å²) in [5, 5.41) is 14.4. The normalized spacial score (nSPS) is 16.6. The minimum atomic E-state index is -0.844. The Labute approximate surface area is 129 Å². The van der Waals surface area contributed by atoms with E-state index in [-0.39, 0.29) is 24.0 Å². The van der Waals surface area contributed by atoms with Crippen LogP contribution in [0, 0.1) is 5.92 Å². The SMILES string of the molecule is CC(CCCC(C)C(=O)O)NC(=O)NC(C)CCS(C)=O. The van der Waals surface area contributed by atoms with Gasteiger partial charge < -0.3 is 15.7 Å². The zero-order valence-electron chi connectivity index (χ0n) is 13.3. The molecule has 124 valence electrons. The first-order valence-corrected chi connectivity index (χ1v) is 9.05. The number of aliphatic carboxylic acids is 1. The minimum absolute atomic E-state index is 0.00139. The van der Waals surface area contributed by atoms with Gasteiger partial charge in [0, 0.05) is 34.9 Å². The van der Waals surface area contributed by atoms with Crippen LogP contribution in [-0.2, 0) is 15.6 Å². The highest BCUT2D eigenvalue weighted by Gasteiger charge is 2.13. The Hall–Kier alpha value is -1.11. The maximum Gasteiger partial charge on any atom is 0.315 e. The molecule has 7 heteroatoms. The first kappa shape index (κ1) is 19.9. The number of carbonyl (C=O) groups is 2. The molecule has 0 rings (SSSR count). The van der Waals surface area contributed by atoms with Crippen LogP contribution in [0.4, 0.5) is 4.79 Å². The van der Waals surface area contributed by atoms with Gasteiger partial charge in [0.1, 0.15) is 0 Å². The predicted octanol–water partition coefficient (Wildman–Crippen LogP) is 1.72. The summed E-state index contributed by atoms with van der Waals surface area (Å²) in [5.74, 6) is -0.555. The van der Waals surface area contributed by atoms with Crippen molar-refractivity contribution in [1.82, 2.24) is 10.6 Å². The molecule has 2 amide bonds. The van der Waals surface area contributed by atoms with Crippen LogP contribution < -0.4 is 10.6 Å². The molecule has 0 aliphatic heterocycles. The second kappa shape index (κ2) is 10.6. The van der Waals surface area contributed by atoms with Crippen LogP contribution in [0.3, 0.4) is 0 Å². The number of carbonyl (C=O) groups excluding carboxylic acids is 1. The van der Waals surface area contributed by atoms with Crippen LogP contribution in [0.25, 0.3) is 0 Å².